The molecule has 2 nitrogen and oxygen atoms in total. The van der Waals surface area contributed by atoms with Crippen LogP contribution in [0.15, 0.2) is 0 Å². The molecule has 2 aliphatic heterocycles. The summed E-state index contributed by atoms with van der Waals surface area (Å²) in [7, 11) is 0. The van der Waals surface area contributed by atoms with E-state index >= 15 is 0 Å². The molecule has 0 amide bonds. The molecule has 1 N–H and O–H groups in total. The van der Waals surface area contributed by atoms with Gasteiger partial charge in [0.1, 0.15) is 0 Å². The van der Waals surface area contributed by atoms with E-state index in [2.05, 4.69) is 17.1 Å². The van der Waals surface area contributed by atoms with E-state index in [4.69, 9.17) is 0 Å². The molecule has 0 aromatic carbocycles. The van der Waals surface area contributed by atoms with Crippen molar-refractivity contribution in [2.24, 2.45) is 5.92 Å². The molecule has 1 saturated carbocycles. The second-order valence-electron chi connectivity index (χ2n) is 6.59. The molecule has 2 heteroatoms. The highest BCUT2D eigenvalue weighted by atomic mass is 15.2. The zero-order chi connectivity index (χ0) is 11.7. The largest absolute Gasteiger partial charge is 0.310 e. The number of hydrogen-bond acceptors (Lipinski definition) is 2. The topological polar surface area (TPSA) is 15.3 Å². The van der Waals surface area contributed by atoms with Crippen molar-refractivity contribution >= 4 is 0 Å². The van der Waals surface area contributed by atoms with Crippen molar-refractivity contribution in [1.29, 1.82) is 0 Å². The highest BCUT2D eigenvalue weighted by Crippen LogP contribution is 2.32. The Kier molecular flexibility index (Phi) is 3.72. The standard InChI is InChI=1S/C15H28N2/c1-12(11-13-5-4-6-13)16-14-8-10-17-9-3-2-7-15(14)17/h12-16H,2-11H2,1H3. The van der Waals surface area contributed by atoms with Crippen LogP contribution in [0.4, 0.5) is 0 Å². The Morgan fingerprint density at radius 2 is 1.94 bits per heavy atom. The lowest BCUT2D eigenvalue weighted by Gasteiger charge is -2.35. The van der Waals surface area contributed by atoms with Crippen LogP contribution < -0.4 is 5.32 Å². The van der Waals surface area contributed by atoms with Crippen molar-refractivity contribution in [1.82, 2.24) is 10.2 Å². The van der Waals surface area contributed by atoms with E-state index in [0.29, 0.717) is 0 Å². The Morgan fingerprint density at radius 3 is 2.71 bits per heavy atom. The van der Waals surface area contributed by atoms with Gasteiger partial charge in [-0.15, -0.1) is 0 Å². The van der Waals surface area contributed by atoms with Gasteiger partial charge in [0, 0.05) is 24.7 Å². The number of rotatable bonds is 4. The van der Waals surface area contributed by atoms with Gasteiger partial charge in [-0.05, 0) is 45.1 Å². The molecule has 17 heavy (non-hydrogen) atoms. The summed E-state index contributed by atoms with van der Waals surface area (Å²) in [5.41, 5.74) is 0. The van der Waals surface area contributed by atoms with E-state index in [9.17, 15) is 0 Å². The second kappa shape index (κ2) is 5.27. The summed E-state index contributed by atoms with van der Waals surface area (Å²) in [5, 5.41) is 3.94. The molecule has 2 heterocycles. The highest BCUT2D eigenvalue weighted by molar-refractivity contribution is 4.95. The van der Waals surface area contributed by atoms with Crippen LogP contribution in [0.1, 0.15) is 58.3 Å². The number of piperidine rings is 1. The minimum Gasteiger partial charge on any atom is -0.310 e. The molecule has 98 valence electrons. The molecule has 3 rings (SSSR count). The zero-order valence-electron chi connectivity index (χ0n) is 11.3. The summed E-state index contributed by atoms with van der Waals surface area (Å²) < 4.78 is 0. The zero-order valence-corrected chi connectivity index (χ0v) is 11.3. The first-order valence-corrected chi connectivity index (χ1v) is 7.83. The van der Waals surface area contributed by atoms with E-state index < -0.39 is 0 Å². The van der Waals surface area contributed by atoms with Crippen LogP contribution in [-0.4, -0.2) is 36.1 Å². The third-order valence-electron chi connectivity index (χ3n) is 5.27. The number of nitrogens with zero attached hydrogens (tertiary/aromatic N) is 1. The van der Waals surface area contributed by atoms with Gasteiger partial charge in [0.05, 0.1) is 0 Å². The molecule has 3 fully saturated rings. The molecular weight excluding hydrogens is 208 g/mol. The van der Waals surface area contributed by atoms with Gasteiger partial charge in [-0.25, -0.2) is 0 Å². The Morgan fingerprint density at radius 1 is 1.06 bits per heavy atom. The Labute approximate surface area is 106 Å². The van der Waals surface area contributed by atoms with Crippen molar-refractivity contribution in [2.45, 2.75) is 76.4 Å². The van der Waals surface area contributed by atoms with Crippen LogP contribution >= 0.6 is 0 Å². The van der Waals surface area contributed by atoms with E-state index in [1.165, 1.54) is 64.5 Å². The third-order valence-corrected chi connectivity index (χ3v) is 5.27. The second-order valence-corrected chi connectivity index (χ2v) is 6.59. The maximum Gasteiger partial charge on any atom is 0.0249 e. The van der Waals surface area contributed by atoms with E-state index in [1.54, 1.807) is 0 Å². The van der Waals surface area contributed by atoms with Gasteiger partial charge in [-0.1, -0.05) is 25.7 Å². The van der Waals surface area contributed by atoms with E-state index in [1.807, 2.05) is 0 Å². The lowest BCUT2D eigenvalue weighted by atomic mass is 9.81. The maximum absolute atomic E-state index is 3.94. The van der Waals surface area contributed by atoms with Gasteiger partial charge in [-0.2, -0.15) is 0 Å². The molecule has 0 aromatic rings. The molecule has 0 spiro atoms. The minimum absolute atomic E-state index is 0.743. The van der Waals surface area contributed by atoms with Gasteiger partial charge in [0.25, 0.3) is 0 Å². The van der Waals surface area contributed by atoms with Gasteiger partial charge in [0.15, 0.2) is 0 Å². The first-order valence-electron chi connectivity index (χ1n) is 7.83. The third kappa shape index (κ3) is 2.68. The quantitative estimate of drug-likeness (QED) is 0.807. The van der Waals surface area contributed by atoms with Crippen LogP contribution in [0.25, 0.3) is 0 Å². The number of hydrogen-bond donors (Lipinski definition) is 1. The van der Waals surface area contributed by atoms with Crippen LogP contribution in [0.2, 0.25) is 0 Å². The van der Waals surface area contributed by atoms with Crippen molar-refractivity contribution in [2.75, 3.05) is 13.1 Å². The lowest BCUT2D eigenvalue weighted by Crippen LogP contribution is -2.48. The fourth-order valence-corrected chi connectivity index (χ4v) is 4.10. The van der Waals surface area contributed by atoms with Crippen molar-refractivity contribution in [3.63, 3.8) is 0 Å². The van der Waals surface area contributed by atoms with Crippen molar-refractivity contribution in [3.05, 3.63) is 0 Å². The number of nitrogens with one attached hydrogen (secondary N) is 1. The first kappa shape index (κ1) is 12.0. The lowest BCUT2D eigenvalue weighted by molar-refractivity contribution is 0.172. The summed E-state index contributed by atoms with van der Waals surface area (Å²) in [5.74, 6) is 1.04. The van der Waals surface area contributed by atoms with Crippen molar-refractivity contribution in [3.8, 4) is 0 Å². The molecule has 1 aliphatic carbocycles. The summed E-state index contributed by atoms with van der Waals surface area (Å²) in [4.78, 5) is 2.73. The average Bonchev–Trinajstić information content (AvgIpc) is 2.68. The molecule has 0 radical (unpaired) electrons. The van der Waals surface area contributed by atoms with Crippen LogP contribution in [0.3, 0.4) is 0 Å². The predicted molar refractivity (Wildman–Crippen MR) is 72.2 cm³/mol. The predicted octanol–water partition coefficient (Wildman–Crippen LogP) is 2.78. The molecule has 0 bridgehead atoms. The van der Waals surface area contributed by atoms with E-state index in [0.717, 1.165) is 24.0 Å². The Bertz CT molecular complexity index is 249. The molecule has 2 saturated heterocycles. The molecule has 3 unspecified atom stereocenters. The minimum atomic E-state index is 0.743. The van der Waals surface area contributed by atoms with Gasteiger partial charge in [0.2, 0.25) is 0 Å². The summed E-state index contributed by atoms with van der Waals surface area (Å²) in [6, 6.07) is 2.41. The fraction of sp³-hybridized carbons (Fsp3) is 1.00. The summed E-state index contributed by atoms with van der Waals surface area (Å²) in [6.45, 7) is 5.11. The smallest absolute Gasteiger partial charge is 0.0249 e. The van der Waals surface area contributed by atoms with Crippen LogP contribution in [-0.2, 0) is 0 Å². The number of fused-ring (bicyclic) bond motifs is 1. The van der Waals surface area contributed by atoms with Gasteiger partial charge < -0.3 is 5.32 Å². The molecule has 3 aliphatic rings. The highest BCUT2D eigenvalue weighted by Gasteiger charge is 2.36. The maximum atomic E-state index is 3.94. The molecular formula is C15H28N2. The van der Waals surface area contributed by atoms with Gasteiger partial charge in [-0.3, -0.25) is 4.90 Å². The SMILES string of the molecule is CC(CC1CCC1)NC1CCN2CCCCC12. The van der Waals surface area contributed by atoms with Crippen molar-refractivity contribution < 1.29 is 0 Å². The van der Waals surface area contributed by atoms with E-state index in [-0.39, 0.29) is 0 Å². The summed E-state index contributed by atoms with van der Waals surface area (Å²) in [6.07, 6.45) is 11.6. The normalized spacial score (nSPS) is 36.5. The molecule has 3 atom stereocenters. The monoisotopic (exact) mass is 236 g/mol. The molecule has 0 aromatic heterocycles. The summed E-state index contributed by atoms with van der Waals surface area (Å²) >= 11 is 0. The average molecular weight is 236 g/mol. The fourth-order valence-electron chi connectivity index (χ4n) is 4.10. The van der Waals surface area contributed by atoms with Crippen LogP contribution in [0, 0.1) is 5.92 Å². The Hall–Kier alpha value is -0.0800. The Balaban J connectivity index is 1.47. The van der Waals surface area contributed by atoms with Crippen LogP contribution in [0.5, 0.6) is 0 Å². The van der Waals surface area contributed by atoms with Gasteiger partial charge >= 0.3 is 0 Å². The first-order chi connectivity index (χ1) is 8.33.